The van der Waals surface area contributed by atoms with Gasteiger partial charge in [0.2, 0.25) is 0 Å². The molecule has 0 fully saturated rings. The number of nitrogens with two attached hydrogens (primary N) is 1. The summed E-state index contributed by atoms with van der Waals surface area (Å²) < 4.78 is 18.5. The molecule has 0 bridgehead atoms. The predicted octanol–water partition coefficient (Wildman–Crippen LogP) is 1.85. The van der Waals surface area contributed by atoms with Crippen LogP contribution in [0.1, 0.15) is 26.1 Å². The molecule has 0 aliphatic heterocycles. The van der Waals surface area contributed by atoms with Crippen molar-refractivity contribution in [1.29, 1.82) is 0 Å². The summed E-state index contributed by atoms with van der Waals surface area (Å²) in [5.74, 6) is -0.0193. The molecule has 90 valence electrons. The second-order valence-electron chi connectivity index (χ2n) is 4.05. The topological polar surface area (TPSA) is 77.8 Å². The van der Waals surface area contributed by atoms with Crippen molar-refractivity contribution in [1.82, 2.24) is 15.1 Å². The van der Waals surface area contributed by atoms with E-state index in [1.807, 2.05) is 6.92 Å². The molecule has 2 rings (SSSR count). The molecule has 1 unspecified atom stereocenters. The summed E-state index contributed by atoms with van der Waals surface area (Å²) in [6, 6.07) is 1.48. The molecule has 5 nitrogen and oxygen atoms in total. The molecule has 0 saturated carbocycles. The van der Waals surface area contributed by atoms with Gasteiger partial charge in [-0.2, -0.15) is 4.98 Å². The van der Waals surface area contributed by atoms with Gasteiger partial charge in [-0.15, -0.1) is 0 Å². The third kappa shape index (κ3) is 2.16. The summed E-state index contributed by atoms with van der Waals surface area (Å²) in [6.45, 7) is 3.72. The van der Waals surface area contributed by atoms with Crippen LogP contribution in [0.5, 0.6) is 0 Å². The monoisotopic (exact) mass is 236 g/mol. The van der Waals surface area contributed by atoms with E-state index in [9.17, 15) is 4.39 Å². The van der Waals surface area contributed by atoms with Crippen molar-refractivity contribution in [2.45, 2.75) is 25.8 Å². The normalized spacial score (nSPS) is 14.6. The van der Waals surface area contributed by atoms with Crippen LogP contribution >= 0.6 is 0 Å². The average molecular weight is 236 g/mol. The van der Waals surface area contributed by atoms with E-state index >= 15 is 0 Å². The van der Waals surface area contributed by atoms with Gasteiger partial charge < -0.3 is 10.3 Å². The lowest BCUT2D eigenvalue weighted by molar-refractivity contribution is 0.378. The highest BCUT2D eigenvalue weighted by Gasteiger charge is 2.26. The van der Waals surface area contributed by atoms with Crippen molar-refractivity contribution in [3.05, 3.63) is 30.1 Å². The van der Waals surface area contributed by atoms with Crippen LogP contribution in [0, 0.1) is 5.82 Å². The van der Waals surface area contributed by atoms with Crippen LogP contribution in [0.25, 0.3) is 11.5 Å². The van der Waals surface area contributed by atoms with Crippen molar-refractivity contribution >= 4 is 0 Å². The van der Waals surface area contributed by atoms with E-state index in [0.29, 0.717) is 12.2 Å². The van der Waals surface area contributed by atoms with Crippen LogP contribution in [0.2, 0.25) is 0 Å². The Hall–Kier alpha value is -1.82. The summed E-state index contributed by atoms with van der Waals surface area (Å²) in [7, 11) is 0. The van der Waals surface area contributed by atoms with Crippen molar-refractivity contribution in [3.8, 4) is 11.5 Å². The molecule has 17 heavy (non-hydrogen) atoms. The lowest BCUT2D eigenvalue weighted by Gasteiger charge is -2.16. The first-order chi connectivity index (χ1) is 8.04. The van der Waals surface area contributed by atoms with Gasteiger partial charge in [0.25, 0.3) is 5.89 Å². The van der Waals surface area contributed by atoms with Crippen molar-refractivity contribution < 1.29 is 8.91 Å². The molecule has 0 aliphatic rings. The maximum Gasteiger partial charge on any atom is 0.261 e. The van der Waals surface area contributed by atoms with Gasteiger partial charge in [-0.1, -0.05) is 12.1 Å². The largest absolute Gasteiger partial charge is 0.334 e. The van der Waals surface area contributed by atoms with Gasteiger partial charge in [-0.05, 0) is 19.4 Å². The van der Waals surface area contributed by atoms with Gasteiger partial charge in [0, 0.05) is 6.20 Å². The molecule has 0 spiro atoms. The number of nitrogens with zero attached hydrogens (tertiary/aromatic N) is 3. The third-order valence-electron chi connectivity index (χ3n) is 2.67. The maximum absolute atomic E-state index is 13.4. The summed E-state index contributed by atoms with van der Waals surface area (Å²) in [5, 5.41) is 3.78. The minimum Gasteiger partial charge on any atom is -0.334 e. The van der Waals surface area contributed by atoms with E-state index in [1.54, 1.807) is 6.92 Å². The molecule has 6 heteroatoms. The van der Waals surface area contributed by atoms with Crippen LogP contribution in [-0.2, 0) is 5.54 Å². The van der Waals surface area contributed by atoms with Crippen LogP contribution in [0.4, 0.5) is 4.39 Å². The Labute approximate surface area is 97.9 Å². The molecule has 0 amide bonds. The number of hydrogen-bond acceptors (Lipinski definition) is 5. The van der Waals surface area contributed by atoms with E-state index in [1.165, 1.54) is 12.3 Å². The zero-order valence-corrected chi connectivity index (χ0v) is 9.64. The highest BCUT2D eigenvalue weighted by molar-refractivity contribution is 5.52. The van der Waals surface area contributed by atoms with Crippen LogP contribution in [-0.4, -0.2) is 15.1 Å². The molecule has 1 atom stereocenters. The smallest absolute Gasteiger partial charge is 0.261 e. The molecule has 2 N–H and O–H groups in total. The Balaban J connectivity index is 2.40. The van der Waals surface area contributed by atoms with Crippen molar-refractivity contribution in [2.75, 3.05) is 0 Å². The molecule has 0 aromatic carbocycles. The lowest BCUT2D eigenvalue weighted by atomic mass is 10.0. The summed E-state index contributed by atoms with van der Waals surface area (Å²) in [4.78, 5) is 7.77. The zero-order chi connectivity index (χ0) is 12.5. The van der Waals surface area contributed by atoms with Crippen molar-refractivity contribution in [3.63, 3.8) is 0 Å². The average Bonchev–Trinajstić information content (AvgIpc) is 2.79. The van der Waals surface area contributed by atoms with Crippen molar-refractivity contribution in [2.24, 2.45) is 5.73 Å². The molecule has 2 aromatic rings. The summed E-state index contributed by atoms with van der Waals surface area (Å²) in [6.07, 6.45) is 3.22. The van der Waals surface area contributed by atoms with Gasteiger partial charge in [-0.25, -0.2) is 4.39 Å². The summed E-state index contributed by atoms with van der Waals surface area (Å²) in [5.41, 5.74) is 5.53. The first kappa shape index (κ1) is 11.7. The van der Waals surface area contributed by atoms with Gasteiger partial charge in [0.15, 0.2) is 11.6 Å². The fourth-order valence-corrected chi connectivity index (χ4v) is 1.27. The number of hydrogen-bond donors (Lipinski definition) is 1. The van der Waals surface area contributed by atoms with Crippen LogP contribution < -0.4 is 5.73 Å². The van der Waals surface area contributed by atoms with E-state index in [0.717, 1.165) is 6.20 Å². The Morgan fingerprint density at radius 1 is 1.53 bits per heavy atom. The maximum atomic E-state index is 13.4. The molecule has 0 radical (unpaired) electrons. The number of halogens is 1. The van der Waals surface area contributed by atoms with E-state index in [4.69, 9.17) is 10.3 Å². The Morgan fingerprint density at radius 3 is 2.94 bits per heavy atom. The SMILES string of the molecule is CCC(C)(N)c1noc(-c2ccncc2F)n1. The van der Waals surface area contributed by atoms with Crippen LogP contribution in [0.15, 0.2) is 23.0 Å². The first-order valence-corrected chi connectivity index (χ1v) is 5.27. The van der Waals surface area contributed by atoms with E-state index in [2.05, 4.69) is 15.1 Å². The first-order valence-electron chi connectivity index (χ1n) is 5.27. The zero-order valence-electron chi connectivity index (χ0n) is 9.64. The minimum atomic E-state index is -0.675. The standard InChI is InChI=1S/C11H13FN4O/c1-3-11(2,13)10-15-9(17-16-10)7-4-5-14-6-8(7)12/h4-6H,3,13H2,1-2H3. The molecule has 0 saturated heterocycles. The van der Waals surface area contributed by atoms with E-state index < -0.39 is 11.4 Å². The van der Waals surface area contributed by atoms with Gasteiger partial charge in [0.05, 0.1) is 17.3 Å². The van der Waals surface area contributed by atoms with E-state index in [-0.39, 0.29) is 11.5 Å². The Kier molecular flexibility index (Phi) is 2.89. The van der Waals surface area contributed by atoms with Gasteiger partial charge in [0.1, 0.15) is 0 Å². The lowest BCUT2D eigenvalue weighted by Crippen LogP contribution is -2.33. The fraction of sp³-hybridized carbons (Fsp3) is 0.364. The highest BCUT2D eigenvalue weighted by Crippen LogP contribution is 2.24. The molecule has 0 aliphatic carbocycles. The number of aromatic nitrogens is 3. The quantitative estimate of drug-likeness (QED) is 0.879. The number of rotatable bonds is 3. The second-order valence-corrected chi connectivity index (χ2v) is 4.05. The molecule has 2 heterocycles. The van der Waals surface area contributed by atoms with Gasteiger partial charge in [-0.3, -0.25) is 4.98 Å². The molecular weight excluding hydrogens is 223 g/mol. The predicted molar refractivity (Wildman–Crippen MR) is 59.3 cm³/mol. The fourth-order valence-electron chi connectivity index (χ4n) is 1.27. The molecule has 2 aromatic heterocycles. The second kappa shape index (κ2) is 4.21. The molecular formula is C11H13FN4O. The summed E-state index contributed by atoms with van der Waals surface area (Å²) >= 11 is 0. The van der Waals surface area contributed by atoms with Gasteiger partial charge >= 0.3 is 0 Å². The minimum absolute atomic E-state index is 0.116. The number of pyridine rings is 1. The Morgan fingerprint density at radius 2 is 2.29 bits per heavy atom. The highest BCUT2D eigenvalue weighted by atomic mass is 19.1. The van der Waals surface area contributed by atoms with Crippen LogP contribution in [0.3, 0.4) is 0 Å². The Bertz CT molecular complexity index is 524. The third-order valence-corrected chi connectivity index (χ3v) is 2.67.